The molecule has 0 saturated carbocycles. The van der Waals surface area contributed by atoms with E-state index >= 15 is 0 Å². The summed E-state index contributed by atoms with van der Waals surface area (Å²) >= 11 is 0. The highest BCUT2D eigenvalue weighted by Gasteiger charge is 2.36. The Labute approximate surface area is 135 Å². The van der Waals surface area contributed by atoms with Crippen LogP contribution < -0.4 is 0 Å². The molecule has 0 aliphatic heterocycles. The number of ketones is 1. The van der Waals surface area contributed by atoms with Gasteiger partial charge in [-0.25, -0.2) is 4.79 Å². The molecule has 0 spiro atoms. The summed E-state index contributed by atoms with van der Waals surface area (Å²) in [5, 5.41) is 82.1. The topological polar surface area (TPSA) is 225 Å². The van der Waals surface area contributed by atoms with Crippen molar-refractivity contribution in [2.24, 2.45) is 0 Å². The number of aliphatic hydroxyl groups excluding tert-OH is 9. The molecule has 0 amide bonds. The van der Waals surface area contributed by atoms with E-state index in [2.05, 4.69) is 4.74 Å². The van der Waals surface area contributed by atoms with E-state index in [1.54, 1.807) is 0 Å². The normalized spacial score (nSPS) is 20.4. The molecule has 0 rings (SSSR count). The second-order valence-electron chi connectivity index (χ2n) is 4.94. The van der Waals surface area contributed by atoms with Crippen molar-refractivity contribution in [2.75, 3.05) is 19.8 Å². The summed E-state index contributed by atoms with van der Waals surface area (Å²) < 4.78 is 4.27. The van der Waals surface area contributed by atoms with Gasteiger partial charge >= 0.3 is 5.97 Å². The highest BCUT2D eigenvalue weighted by Crippen LogP contribution is 2.07. The predicted octanol–water partition coefficient (Wildman–Crippen LogP) is -6.39. The lowest BCUT2D eigenvalue weighted by Crippen LogP contribution is -2.50. The van der Waals surface area contributed by atoms with Crippen molar-refractivity contribution in [1.29, 1.82) is 0 Å². The van der Waals surface area contributed by atoms with Gasteiger partial charge in [0.15, 0.2) is 12.7 Å². The Balaban J connectivity index is 4.54. The van der Waals surface area contributed by atoms with E-state index < -0.39 is 74.3 Å². The van der Waals surface area contributed by atoms with Gasteiger partial charge in [0.05, 0.1) is 13.2 Å². The Morgan fingerprint density at radius 3 is 1.62 bits per heavy atom. The average Bonchev–Trinajstić information content (AvgIpc) is 2.60. The van der Waals surface area contributed by atoms with Crippen LogP contribution in [0, 0.1) is 0 Å². The van der Waals surface area contributed by atoms with Gasteiger partial charge in [0.25, 0.3) is 0 Å². The lowest BCUT2D eigenvalue weighted by Gasteiger charge is -2.24. The average molecular weight is 358 g/mol. The first kappa shape index (κ1) is 22.8. The molecule has 142 valence electrons. The molecule has 0 radical (unpaired) electrons. The van der Waals surface area contributed by atoms with Crippen LogP contribution in [0.1, 0.15) is 0 Å². The predicted molar refractivity (Wildman–Crippen MR) is 72.2 cm³/mol. The first-order valence-corrected chi connectivity index (χ1v) is 6.75. The molecule has 0 aromatic carbocycles. The standard InChI is InChI=1S/C12H22O12/c13-1-4(15)7(18)9(20)6(17)3-24-12(23)11(22)10(21)8(19)5(16)2-14/h4-5,7-11,13-16,18-22H,1-3H2/t4-,5-,7-,8-,9-,10+,11-/m1/s1. The van der Waals surface area contributed by atoms with E-state index in [0.29, 0.717) is 0 Å². The zero-order chi connectivity index (χ0) is 19.0. The smallest absolute Gasteiger partial charge is 0.338 e. The molecule has 0 fully saturated rings. The van der Waals surface area contributed by atoms with Crippen LogP contribution in [0.3, 0.4) is 0 Å². The van der Waals surface area contributed by atoms with Crippen molar-refractivity contribution < 1.29 is 60.3 Å². The fourth-order valence-electron chi connectivity index (χ4n) is 1.48. The van der Waals surface area contributed by atoms with Crippen LogP contribution in [0.4, 0.5) is 0 Å². The van der Waals surface area contributed by atoms with Crippen LogP contribution in [0.2, 0.25) is 0 Å². The largest absolute Gasteiger partial charge is 0.456 e. The molecule has 0 aromatic rings. The van der Waals surface area contributed by atoms with E-state index in [-0.39, 0.29) is 0 Å². The monoisotopic (exact) mass is 358 g/mol. The lowest BCUT2D eigenvalue weighted by atomic mass is 10.0. The second-order valence-corrected chi connectivity index (χ2v) is 4.94. The van der Waals surface area contributed by atoms with E-state index in [4.69, 9.17) is 20.4 Å². The number of hydrogen-bond acceptors (Lipinski definition) is 12. The summed E-state index contributed by atoms with van der Waals surface area (Å²) in [5.41, 5.74) is 0. The first-order chi connectivity index (χ1) is 11.1. The molecule has 0 bridgehead atoms. The number of esters is 1. The number of ether oxygens (including phenoxy) is 1. The Kier molecular flexibility index (Phi) is 10.1. The minimum Gasteiger partial charge on any atom is -0.456 e. The summed E-state index contributed by atoms with van der Waals surface area (Å²) in [5.74, 6) is -2.87. The van der Waals surface area contributed by atoms with Gasteiger partial charge in [-0.15, -0.1) is 0 Å². The van der Waals surface area contributed by atoms with E-state index in [1.165, 1.54) is 0 Å². The van der Waals surface area contributed by atoms with Gasteiger partial charge in [0.2, 0.25) is 5.78 Å². The molecule has 0 aliphatic rings. The SMILES string of the molecule is O=C(COC(=O)[C@H](O)[C@@H](O)[C@H](O)[C@H](O)CO)[C@@H](O)[C@H](O)[C@H](O)CO. The van der Waals surface area contributed by atoms with Crippen LogP contribution in [0.5, 0.6) is 0 Å². The quantitative estimate of drug-likeness (QED) is 0.157. The van der Waals surface area contributed by atoms with Gasteiger partial charge in [-0.1, -0.05) is 0 Å². The lowest BCUT2D eigenvalue weighted by molar-refractivity contribution is -0.173. The van der Waals surface area contributed by atoms with Crippen molar-refractivity contribution in [3.05, 3.63) is 0 Å². The van der Waals surface area contributed by atoms with Crippen molar-refractivity contribution in [3.63, 3.8) is 0 Å². The Morgan fingerprint density at radius 2 is 1.17 bits per heavy atom. The third kappa shape index (κ3) is 6.35. The maximum atomic E-state index is 11.4. The fourth-order valence-corrected chi connectivity index (χ4v) is 1.48. The van der Waals surface area contributed by atoms with Crippen LogP contribution >= 0.6 is 0 Å². The number of aliphatic hydroxyl groups is 9. The molecule has 0 heterocycles. The second kappa shape index (κ2) is 10.6. The molecule has 24 heavy (non-hydrogen) atoms. The van der Waals surface area contributed by atoms with Crippen molar-refractivity contribution in [1.82, 2.24) is 0 Å². The molecule has 12 heteroatoms. The van der Waals surface area contributed by atoms with Crippen molar-refractivity contribution in [3.8, 4) is 0 Å². The summed E-state index contributed by atoms with van der Waals surface area (Å²) in [4.78, 5) is 22.9. The maximum Gasteiger partial charge on any atom is 0.338 e. The molecule has 0 unspecified atom stereocenters. The number of carbonyl (C=O) groups is 2. The Morgan fingerprint density at radius 1 is 0.708 bits per heavy atom. The van der Waals surface area contributed by atoms with Gasteiger partial charge in [0.1, 0.15) is 36.6 Å². The third-order valence-electron chi connectivity index (χ3n) is 3.09. The molecule has 9 N–H and O–H groups in total. The van der Waals surface area contributed by atoms with Gasteiger partial charge in [0, 0.05) is 0 Å². The number of carbonyl (C=O) groups excluding carboxylic acids is 2. The summed E-state index contributed by atoms with van der Waals surface area (Å²) in [6, 6.07) is 0. The van der Waals surface area contributed by atoms with Crippen molar-refractivity contribution >= 4 is 11.8 Å². The fraction of sp³-hybridized carbons (Fsp3) is 0.833. The van der Waals surface area contributed by atoms with E-state index in [0.717, 1.165) is 0 Å². The summed E-state index contributed by atoms with van der Waals surface area (Å²) in [7, 11) is 0. The molecule has 0 saturated heterocycles. The van der Waals surface area contributed by atoms with E-state index in [1.807, 2.05) is 0 Å². The van der Waals surface area contributed by atoms with Gasteiger partial charge < -0.3 is 50.7 Å². The molecular formula is C12H22O12. The zero-order valence-corrected chi connectivity index (χ0v) is 12.4. The zero-order valence-electron chi connectivity index (χ0n) is 12.4. The summed E-state index contributed by atoms with van der Waals surface area (Å²) in [6.45, 7) is -3.06. The van der Waals surface area contributed by atoms with E-state index in [9.17, 15) is 35.1 Å². The molecule has 7 atom stereocenters. The Bertz CT molecular complexity index is 401. The first-order valence-electron chi connectivity index (χ1n) is 6.75. The minimum atomic E-state index is -2.38. The molecule has 12 nitrogen and oxygen atoms in total. The van der Waals surface area contributed by atoms with Gasteiger partial charge in [-0.05, 0) is 0 Å². The van der Waals surface area contributed by atoms with Crippen LogP contribution in [0.25, 0.3) is 0 Å². The highest BCUT2D eigenvalue weighted by molar-refractivity contribution is 5.87. The minimum absolute atomic E-state index is 0.943. The van der Waals surface area contributed by atoms with Crippen LogP contribution in [0.15, 0.2) is 0 Å². The summed E-state index contributed by atoms with van der Waals surface area (Å²) in [6.07, 6.45) is -14.6. The molecule has 0 aromatic heterocycles. The Hall–Kier alpha value is -1.22. The third-order valence-corrected chi connectivity index (χ3v) is 3.09. The highest BCUT2D eigenvalue weighted by atomic mass is 16.6. The van der Waals surface area contributed by atoms with Gasteiger partial charge in [-0.2, -0.15) is 0 Å². The molecular weight excluding hydrogens is 336 g/mol. The van der Waals surface area contributed by atoms with Crippen molar-refractivity contribution in [2.45, 2.75) is 42.7 Å². The number of hydrogen-bond donors (Lipinski definition) is 9. The number of Topliss-reactive ketones (excluding diaryl/α,β-unsaturated/α-hetero) is 1. The molecule has 0 aliphatic carbocycles. The van der Waals surface area contributed by atoms with Crippen LogP contribution in [-0.2, 0) is 14.3 Å². The van der Waals surface area contributed by atoms with Gasteiger partial charge in [-0.3, -0.25) is 4.79 Å². The maximum absolute atomic E-state index is 11.4. The number of rotatable bonds is 11. The van der Waals surface area contributed by atoms with Crippen LogP contribution in [-0.4, -0.2) is 120 Å².